The average Bonchev–Trinajstić information content (AvgIpc) is 2.31. The molecule has 17 heavy (non-hydrogen) atoms. The van der Waals surface area contributed by atoms with Crippen molar-refractivity contribution in [2.24, 2.45) is 11.7 Å². The standard InChI is InChI=1S/C16H27N/c1-4-15(14-10-6-5-7-11-14)16(17)12-8-9-13(2)3/h5-7,10-11,13,15-16H,4,8-9,12,17H2,1-3H3. The first-order valence-electron chi connectivity index (χ1n) is 6.95. The predicted octanol–water partition coefficient (Wildman–Crippen LogP) is 4.33. The van der Waals surface area contributed by atoms with Crippen LogP contribution >= 0.6 is 0 Å². The summed E-state index contributed by atoms with van der Waals surface area (Å²) in [5.41, 5.74) is 7.74. The molecule has 0 heterocycles. The van der Waals surface area contributed by atoms with E-state index in [9.17, 15) is 0 Å². The lowest BCUT2D eigenvalue weighted by Gasteiger charge is -2.23. The van der Waals surface area contributed by atoms with Crippen LogP contribution in [0.5, 0.6) is 0 Å². The quantitative estimate of drug-likeness (QED) is 0.745. The second-order valence-corrected chi connectivity index (χ2v) is 5.41. The topological polar surface area (TPSA) is 26.0 Å². The molecular weight excluding hydrogens is 206 g/mol. The zero-order valence-electron chi connectivity index (χ0n) is 11.5. The van der Waals surface area contributed by atoms with E-state index in [1.54, 1.807) is 0 Å². The SMILES string of the molecule is CCC(c1ccccc1)C(N)CCCC(C)C. The van der Waals surface area contributed by atoms with Gasteiger partial charge in [-0.15, -0.1) is 0 Å². The van der Waals surface area contributed by atoms with E-state index >= 15 is 0 Å². The van der Waals surface area contributed by atoms with Crippen LogP contribution in [-0.4, -0.2) is 6.04 Å². The van der Waals surface area contributed by atoms with E-state index in [-0.39, 0.29) is 0 Å². The van der Waals surface area contributed by atoms with Crippen molar-refractivity contribution in [1.29, 1.82) is 0 Å². The van der Waals surface area contributed by atoms with Gasteiger partial charge in [0.2, 0.25) is 0 Å². The molecule has 0 radical (unpaired) electrons. The van der Waals surface area contributed by atoms with Crippen molar-refractivity contribution in [2.45, 2.75) is 58.4 Å². The molecule has 0 bridgehead atoms. The van der Waals surface area contributed by atoms with Crippen molar-refractivity contribution >= 4 is 0 Å². The first-order chi connectivity index (χ1) is 8.15. The van der Waals surface area contributed by atoms with Crippen LogP contribution in [0.4, 0.5) is 0 Å². The van der Waals surface area contributed by atoms with Gasteiger partial charge in [-0.05, 0) is 30.2 Å². The highest BCUT2D eigenvalue weighted by Crippen LogP contribution is 2.25. The Morgan fingerprint density at radius 1 is 1.06 bits per heavy atom. The highest BCUT2D eigenvalue weighted by atomic mass is 14.6. The molecule has 96 valence electrons. The number of hydrogen-bond donors (Lipinski definition) is 1. The third kappa shape index (κ3) is 4.91. The van der Waals surface area contributed by atoms with E-state index in [2.05, 4.69) is 51.1 Å². The van der Waals surface area contributed by atoms with Crippen molar-refractivity contribution < 1.29 is 0 Å². The Balaban J connectivity index is 2.50. The fourth-order valence-corrected chi connectivity index (χ4v) is 2.45. The Kier molecular flexibility index (Phi) is 6.28. The van der Waals surface area contributed by atoms with Crippen LogP contribution in [0.3, 0.4) is 0 Å². The first kappa shape index (κ1) is 14.2. The van der Waals surface area contributed by atoms with Crippen molar-refractivity contribution in [1.82, 2.24) is 0 Å². The summed E-state index contributed by atoms with van der Waals surface area (Å²) in [4.78, 5) is 0. The summed E-state index contributed by atoms with van der Waals surface area (Å²) >= 11 is 0. The minimum absolute atomic E-state index is 0.307. The van der Waals surface area contributed by atoms with E-state index in [1.807, 2.05) is 0 Å². The summed E-state index contributed by atoms with van der Waals surface area (Å²) in [7, 11) is 0. The molecule has 1 aromatic carbocycles. The smallest absolute Gasteiger partial charge is 0.0108 e. The summed E-state index contributed by atoms with van der Waals surface area (Å²) in [5, 5.41) is 0. The Bertz CT molecular complexity index is 292. The van der Waals surface area contributed by atoms with Gasteiger partial charge in [-0.3, -0.25) is 0 Å². The van der Waals surface area contributed by atoms with Gasteiger partial charge in [0.1, 0.15) is 0 Å². The fourth-order valence-electron chi connectivity index (χ4n) is 2.45. The molecule has 1 rings (SSSR count). The molecule has 1 heteroatoms. The van der Waals surface area contributed by atoms with Gasteiger partial charge < -0.3 is 5.73 Å². The predicted molar refractivity (Wildman–Crippen MR) is 76.1 cm³/mol. The highest BCUT2D eigenvalue weighted by Gasteiger charge is 2.17. The number of hydrogen-bond acceptors (Lipinski definition) is 1. The Morgan fingerprint density at radius 3 is 2.24 bits per heavy atom. The van der Waals surface area contributed by atoms with Gasteiger partial charge in [0.15, 0.2) is 0 Å². The van der Waals surface area contributed by atoms with Gasteiger partial charge in [0.25, 0.3) is 0 Å². The number of benzene rings is 1. The van der Waals surface area contributed by atoms with E-state index in [0.29, 0.717) is 12.0 Å². The Hall–Kier alpha value is -0.820. The first-order valence-corrected chi connectivity index (χ1v) is 6.95. The molecular formula is C16H27N. The Morgan fingerprint density at radius 2 is 1.71 bits per heavy atom. The van der Waals surface area contributed by atoms with Crippen LogP contribution in [0.15, 0.2) is 30.3 Å². The van der Waals surface area contributed by atoms with Crippen LogP contribution < -0.4 is 5.73 Å². The van der Waals surface area contributed by atoms with Gasteiger partial charge in [-0.25, -0.2) is 0 Å². The van der Waals surface area contributed by atoms with Crippen LogP contribution in [0.1, 0.15) is 57.9 Å². The third-order valence-corrected chi connectivity index (χ3v) is 3.50. The molecule has 2 atom stereocenters. The van der Waals surface area contributed by atoms with Crippen molar-refractivity contribution in [2.75, 3.05) is 0 Å². The molecule has 0 amide bonds. The van der Waals surface area contributed by atoms with Gasteiger partial charge in [0, 0.05) is 6.04 Å². The summed E-state index contributed by atoms with van der Waals surface area (Å²) in [6, 6.07) is 11.0. The van der Waals surface area contributed by atoms with Gasteiger partial charge >= 0.3 is 0 Å². The summed E-state index contributed by atoms with van der Waals surface area (Å²) in [5.74, 6) is 1.31. The molecule has 0 aliphatic heterocycles. The van der Waals surface area contributed by atoms with E-state index in [1.165, 1.54) is 18.4 Å². The minimum atomic E-state index is 0.307. The third-order valence-electron chi connectivity index (χ3n) is 3.50. The monoisotopic (exact) mass is 233 g/mol. The lowest BCUT2D eigenvalue weighted by atomic mass is 9.86. The van der Waals surface area contributed by atoms with Crippen molar-refractivity contribution in [3.63, 3.8) is 0 Å². The van der Waals surface area contributed by atoms with Crippen LogP contribution in [-0.2, 0) is 0 Å². The summed E-state index contributed by atoms with van der Waals surface area (Å²) < 4.78 is 0. The molecule has 2 unspecified atom stereocenters. The van der Waals surface area contributed by atoms with Gasteiger partial charge in [-0.2, -0.15) is 0 Å². The molecule has 1 aromatic rings. The second kappa shape index (κ2) is 7.50. The fraction of sp³-hybridized carbons (Fsp3) is 0.625. The molecule has 0 aliphatic rings. The maximum absolute atomic E-state index is 6.35. The molecule has 1 nitrogen and oxygen atoms in total. The molecule has 0 fully saturated rings. The molecule has 0 saturated carbocycles. The van der Waals surface area contributed by atoms with Crippen molar-refractivity contribution in [3.05, 3.63) is 35.9 Å². The van der Waals surface area contributed by atoms with E-state index in [4.69, 9.17) is 5.73 Å². The zero-order chi connectivity index (χ0) is 12.7. The summed E-state index contributed by atoms with van der Waals surface area (Å²) in [6.45, 7) is 6.79. The normalized spacial score (nSPS) is 14.9. The molecule has 0 saturated heterocycles. The van der Waals surface area contributed by atoms with E-state index < -0.39 is 0 Å². The van der Waals surface area contributed by atoms with E-state index in [0.717, 1.165) is 18.8 Å². The van der Waals surface area contributed by atoms with Crippen molar-refractivity contribution in [3.8, 4) is 0 Å². The molecule has 0 aromatic heterocycles. The van der Waals surface area contributed by atoms with Crippen LogP contribution in [0, 0.1) is 5.92 Å². The zero-order valence-corrected chi connectivity index (χ0v) is 11.5. The number of rotatable bonds is 7. The number of nitrogens with two attached hydrogens (primary N) is 1. The summed E-state index contributed by atoms with van der Waals surface area (Å²) in [6.07, 6.45) is 4.82. The molecule has 0 aliphatic carbocycles. The minimum Gasteiger partial charge on any atom is -0.327 e. The average molecular weight is 233 g/mol. The Labute approximate surface area is 106 Å². The molecule has 2 N–H and O–H groups in total. The lowest BCUT2D eigenvalue weighted by molar-refractivity contribution is 0.442. The maximum atomic E-state index is 6.35. The second-order valence-electron chi connectivity index (χ2n) is 5.41. The van der Waals surface area contributed by atoms with Crippen LogP contribution in [0.2, 0.25) is 0 Å². The molecule has 0 spiro atoms. The van der Waals surface area contributed by atoms with Crippen LogP contribution in [0.25, 0.3) is 0 Å². The highest BCUT2D eigenvalue weighted by molar-refractivity contribution is 5.20. The maximum Gasteiger partial charge on any atom is 0.0108 e. The van der Waals surface area contributed by atoms with Gasteiger partial charge in [0.05, 0.1) is 0 Å². The van der Waals surface area contributed by atoms with Gasteiger partial charge in [-0.1, -0.05) is 63.9 Å². The lowest BCUT2D eigenvalue weighted by Crippen LogP contribution is -2.28. The largest absolute Gasteiger partial charge is 0.327 e.